The monoisotopic (exact) mass is 436 g/mol. The Balaban J connectivity index is 1.69. The SMILES string of the molecule is C=C(CCc1ccc(-c2sccc2C)cc1)[C@]1(C)CC(C)CC1C(=O)C(C)C(C)(C)C. The molecule has 1 aromatic heterocycles. The summed E-state index contributed by atoms with van der Waals surface area (Å²) in [6.45, 7) is 20.0. The lowest BCUT2D eigenvalue weighted by molar-refractivity contribution is -0.131. The quantitative estimate of drug-likeness (QED) is 0.397. The molecule has 0 saturated heterocycles. The van der Waals surface area contributed by atoms with Crippen LogP contribution in [0.25, 0.3) is 10.4 Å². The molecule has 1 aliphatic rings. The van der Waals surface area contributed by atoms with Crippen molar-refractivity contribution in [3.05, 3.63) is 59.0 Å². The van der Waals surface area contributed by atoms with E-state index >= 15 is 0 Å². The van der Waals surface area contributed by atoms with E-state index in [2.05, 4.69) is 90.8 Å². The second kappa shape index (κ2) is 9.06. The molecule has 1 aromatic carbocycles. The Morgan fingerprint density at radius 2 is 1.87 bits per heavy atom. The normalized spacial score (nSPS) is 24.9. The van der Waals surface area contributed by atoms with E-state index in [9.17, 15) is 4.79 Å². The Kier molecular flexibility index (Phi) is 7.01. The first-order chi connectivity index (χ1) is 14.4. The molecule has 1 fully saturated rings. The molecule has 4 atom stereocenters. The molecule has 3 rings (SSSR count). The molecule has 31 heavy (non-hydrogen) atoms. The highest BCUT2D eigenvalue weighted by Crippen LogP contribution is 2.53. The third kappa shape index (κ3) is 5.06. The fourth-order valence-corrected chi connectivity index (χ4v) is 6.17. The first-order valence-corrected chi connectivity index (χ1v) is 12.7. The van der Waals surface area contributed by atoms with E-state index in [1.807, 2.05) is 0 Å². The van der Waals surface area contributed by atoms with Crippen molar-refractivity contribution in [2.24, 2.45) is 28.6 Å². The van der Waals surface area contributed by atoms with Gasteiger partial charge in [0.2, 0.25) is 0 Å². The number of carbonyl (C=O) groups is 1. The van der Waals surface area contributed by atoms with Crippen LogP contribution < -0.4 is 0 Å². The van der Waals surface area contributed by atoms with Gasteiger partial charge in [0.15, 0.2) is 0 Å². The second-order valence-corrected chi connectivity index (χ2v) is 12.2. The predicted octanol–water partition coefficient (Wildman–Crippen LogP) is 8.52. The minimum Gasteiger partial charge on any atom is -0.299 e. The molecule has 0 bridgehead atoms. The Hall–Kier alpha value is -1.67. The van der Waals surface area contributed by atoms with Gasteiger partial charge in [-0.2, -0.15) is 0 Å². The highest BCUT2D eigenvalue weighted by Gasteiger charge is 2.49. The molecule has 168 valence electrons. The number of thiophene rings is 1. The summed E-state index contributed by atoms with van der Waals surface area (Å²) in [6.07, 6.45) is 4.02. The van der Waals surface area contributed by atoms with Gasteiger partial charge in [-0.05, 0) is 77.5 Å². The number of carbonyl (C=O) groups excluding carboxylic acids is 1. The van der Waals surface area contributed by atoms with Crippen molar-refractivity contribution in [2.75, 3.05) is 0 Å². The molecule has 0 amide bonds. The van der Waals surface area contributed by atoms with Crippen molar-refractivity contribution in [1.82, 2.24) is 0 Å². The third-order valence-electron chi connectivity index (χ3n) is 7.85. The molecule has 2 aromatic rings. The number of ketones is 1. The van der Waals surface area contributed by atoms with E-state index in [-0.39, 0.29) is 22.7 Å². The maximum Gasteiger partial charge on any atom is 0.140 e. The van der Waals surface area contributed by atoms with Crippen LogP contribution in [-0.2, 0) is 11.2 Å². The van der Waals surface area contributed by atoms with Crippen LogP contribution in [0.2, 0.25) is 0 Å². The van der Waals surface area contributed by atoms with Gasteiger partial charge in [0.05, 0.1) is 0 Å². The van der Waals surface area contributed by atoms with Crippen molar-refractivity contribution in [2.45, 2.75) is 74.1 Å². The number of rotatable bonds is 7. The fraction of sp³-hybridized carbons (Fsp3) is 0.552. The zero-order valence-electron chi connectivity index (χ0n) is 20.5. The van der Waals surface area contributed by atoms with Gasteiger partial charge in [-0.3, -0.25) is 4.79 Å². The molecule has 1 heterocycles. The second-order valence-electron chi connectivity index (χ2n) is 11.2. The van der Waals surface area contributed by atoms with Crippen molar-refractivity contribution < 1.29 is 4.79 Å². The predicted molar refractivity (Wildman–Crippen MR) is 136 cm³/mol. The number of allylic oxidation sites excluding steroid dienone is 1. The van der Waals surface area contributed by atoms with Gasteiger partial charge in [0.25, 0.3) is 0 Å². The summed E-state index contributed by atoms with van der Waals surface area (Å²) in [5.41, 5.74) is 5.18. The van der Waals surface area contributed by atoms with Gasteiger partial charge in [0, 0.05) is 16.7 Å². The first-order valence-electron chi connectivity index (χ1n) is 11.8. The summed E-state index contributed by atoms with van der Waals surface area (Å²) in [5.74, 6) is 1.20. The Morgan fingerprint density at radius 3 is 2.42 bits per heavy atom. The van der Waals surface area contributed by atoms with Crippen LogP contribution in [0.3, 0.4) is 0 Å². The van der Waals surface area contributed by atoms with Crippen molar-refractivity contribution in [3.8, 4) is 10.4 Å². The Labute approximate surface area is 194 Å². The van der Waals surface area contributed by atoms with Gasteiger partial charge in [-0.1, -0.05) is 78.0 Å². The van der Waals surface area contributed by atoms with Crippen LogP contribution in [0.4, 0.5) is 0 Å². The number of Topliss-reactive ketones (excluding diaryl/α,β-unsaturated/α-hetero) is 1. The number of hydrogen-bond donors (Lipinski definition) is 0. The number of aryl methyl sites for hydroxylation is 2. The summed E-state index contributed by atoms with van der Waals surface area (Å²) in [4.78, 5) is 14.8. The molecular formula is C29H40OS. The van der Waals surface area contributed by atoms with Crippen LogP contribution in [0.5, 0.6) is 0 Å². The fourth-order valence-electron chi connectivity index (χ4n) is 5.23. The minimum atomic E-state index is -0.0793. The van der Waals surface area contributed by atoms with Gasteiger partial charge < -0.3 is 0 Å². The molecule has 3 unspecified atom stereocenters. The molecule has 0 N–H and O–H groups in total. The molecule has 0 spiro atoms. The van der Waals surface area contributed by atoms with E-state index in [1.54, 1.807) is 11.3 Å². The van der Waals surface area contributed by atoms with E-state index in [0.29, 0.717) is 11.7 Å². The highest BCUT2D eigenvalue weighted by atomic mass is 32.1. The third-order valence-corrected chi connectivity index (χ3v) is 8.92. The zero-order chi connectivity index (χ0) is 23.0. The van der Waals surface area contributed by atoms with E-state index < -0.39 is 0 Å². The molecule has 0 radical (unpaired) electrons. The minimum absolute atomic E-state index is 0.00776. The molecular weight excluding hydrogens is 396 g/mol. The maximum absolute atomic E-state index is 13.5. The van der Waals surface area contributed by atoms with Crippen LogP contribution >= 0.6 is 11.3 Å². The number of hydrogen-bond acceptors (Lipinski definition) is 2. The summed E-state index contributed by atoms with van der Waals surface area (Å²) < 4.78 is 0. The Bertz CT molecular complexity index is 926. The Morgan fingerprint density at radius 1 is 1.23 bits per heavy atom. The van der Waals surface area contributed by atoms with E-state index in [4.69, 9.17) is 0 Å². The van der Waals surface area contributed by atoms with Crippen molar-refractivity contribution in [3.63, 3.8) is 0 Å². The van der Waals surface area contributed by atoms with Crippen molar-refractivity contribution >= 4 is 17.1 Å². The van der Waals surface area contributed by atoms with Gasteiger partial charge in [-0.25, -0.2) is 0 Å². The van der Waals surface area contributed by atoms with Crippen molar-refractivity contribution in [1.29, 1.82) is 0 Å². The molecule has 1 aliphatic carbocycles. The average Bonchev–Trinajstić information content (AvgIpc) is 3.27. The number of benzene rings is 1. The van der Waals surface area contributed by atoms with Crippen LogP contribution in [0.15, 0.2) is 47.9 Å². The van der Waals surface area contributed by atoms with Crippen LogP contribution in [0.1, 0.15) is 71.9 Å². The van der Waals surface area contributed by atoms with Gasteiger partial charge >= 0.3 is 0 Å². The van der Waals surface area contributed by atoms with Crippen LogP contribution in [-0.4, -0.2) is 5.78 Å². The molecule has 0 aliphatic heterocycles. The summed E-state index contributed by atoms with van der Waals surface area (Å²) >= 11 is 1.80. The lowest BCUT2D eigenvalue weighted by atomic mass is 9.66. The summed E-state index contributed by atoms with van der Waals surface area (Å²) in [5, 5.41) is 2.16. The van der Waals surface area contributed by atoms with E-state index in [1.165, 1.54) is 27.1 Å². The highest BCUT2D eigenvalue weighted by molar-refractivity contribution is 7.13. The van der Waals surface area contributed by atoms with E-state index in [0.717, 1.165) is 25.7 Å². The summed E-state index contributed by atoms with van der Waals surface area (Å²) in [6, 6.07) is 11.2. The lowest BCUT2D eigenvalue weighted by Gasteiger charge is -2.37. The van der Waals surface area contributed by atoms with Gasteiger partial charge in [0.1, 0.15) is 5.78 Å². The lowest BCUT2D eigenvalue weighted by Crippen LogP contribution is -2.37. The van der Waals surface area contributed by atoms with Gasteiger partial charge in [-0.15, -0.1) is 11.3 Å². The molecule has 2 heteroatoms. The largest absolute Gasteiger partial charge is 0.299 e. The molecule has 1 saturated carbocycles. The molecule has 1 nitrogen and oxygen atoms in total. The summed E-state index contributed by atoms with van der Waals surface area (Å²) in [7, 11) is 0. The first kappa shape index (κ1) is 24.0. The average molecular weight is 437 g/mol. The maximum atomic E-state index is 13.5. The van der Waals surface area contributed by atoms with Crippen LogP contribution in [0, 0.1) is 35.5 Å². The topological polar surface area (TPSA) is 17.1 Å². The standard InChI is InChI=1S/C29H40OS/c1-19-17-25(26(30)22(4)28(5,6)7)29(8,18-19)21(3)9-10-23-11-13-24(14-12-23)27-20(2)15-16-31-27/h11-16,19,22,25H,3,9-10,17-18H2,1-2,4-8H3/t19?,22?,25?,29-/m0/s1. The smallest absolute Gasteiger partial charge is 0.140 e. The zero-order valence-corrected chi connectivity index (χ0v) is 21.4.